The van der Waals surface area contributed by atoms with Crippen LogP contribution in [0.2, 0.25) is 0 Å². The molecule has 0 bridgehead atoms. The summed E-state index contributed by atoms with van der Waals surface area (Å²) in [5.74, 6) is 0.278. The molecule has 0 amide bonds. The molecule has 0 radical (unpaired) electrons. The van der Waals surface area contributed by atoms with Crippen LogP contribution in [0.15, 0.2) is 28.9 Å². The second-order valence-corrected chi connectivity index (χ2v) is 3.03. The minimum atomic E-state index is 0.132. The molecular formula is C9H10N2O. The lowest BCUT2D eigenvalue weighted by molar-refractivity contribution is -0.105. The first kappa shape index (κ1) is 7.28. The van der Waals surface area contributed by atoms with Crippen molar-refractivity contribution in [2.75, 3.05) is 7.05 Å². The number of aldehydes is 1. The highest BCUT2D eigenvalue weighted by Crippen LogP contribution is 2.25. The predicted octanol–water partition coefficient (Wildman–Crippen LogP) is 0.597. The Kier molecular flexibility index (Phi) is 1.57. The van der Waals surface area contributed by atoms with Gasteiger partial charge in [0.25, 0.3) is 0 Å². The van der Waals surface area contributed by atoms with Crippen LogP contribution in [0.25, 0.3) is 0 Å². The van der Waals surface area contributed by atoms with E-state index >= 15 is 0 Å². The molecule has 1 heterocycles. The van der Waals surface area contributed by atoms with Crippen molar-refractivity contribution in [1.29, 1.82) is 0 Å². The van der Waals surface area contributed by atoms with E-state index in [9.17, 15) is 4.79 Å². The number of carbonyl (C=O) groups excluding carboxylic acids is 1. The Balaban J connectivity index is 2.33. The number of carbonyl (C=O) groups is 1. The van der Waals surface area contributed by atoms with Crippen molar-refractivity contribution in [3.05, 3.63) is 23.8 Å². The third-order valence-corrected chi connectivity index (χ3v) is 2.29. The molecule has 3 heteroatoms. The molecule has 3 nitrogen and oxygen atoms in total. The molecular weight excluding hydrogens is 152 g/mol. The lowest BCUT2D eigenvalue weighted by Gasteiger charge is -2.24. The van der Waals surface area contributed by atoms with Crippen LogP contribution in [-0.4, -0.2) is 30.6 Å². The Morgan fingerprint density at radius 3 is 3.25 bits per heavy atom. The van der Waals surface area contributed by atoms with Gasteiger partial charge in [-0.25, -0.2) is 0 Å². The first-order chi connectivity index (χ1) is 5.83. The maximum atomic E-state index is 10.7. The van der Waals surface area contributed by atoms with E-state index in [1.165, 1.54) is 0 Å². The Hall–Kier alpha value is -1.38. The zero-order chi connectivity index (χ0) is 8.55. The smallest absolute Gasteiger partial charge is 0.148 e. The zero-order valence-electron chi connectivity index (χ0n) is 6.84. The molecule has 0 N–H and O–H groups in total. The van der Waals surface area contributed by atoms with Crippen molar-refractivity contribution in [2.45, 2.75) is 6.04 Å². The largest absolute Gasteiger partial charge is 0.298 e. The van der Waals surface area contributed by atoms with Crippen LogP contribution in [0.5, 0.6) is 0 Å². The quantitative estimate of drug-likeness (QED) is 0.529. The Morgan fingerprint density at radius 1 is 1.67 bits per heavy atom. The second-order valence-electron chi connectivity index (χ2n) is 3.03. The van der Waals surface area contributed by atoms with E-state index in [2.05, 4.69) is 11.2 Å². The van der Waals surface area contributed by atoms with Gasteiger partial charge in [-0.05, 0) is 0 Å². The van der Waals surface area contributed by atoms with Gasteiger partial charge in [-0.15, -0.1) is 0 Å². The van der Waals surface area contributed by atoms with Crippen LogP contribution in [-0.2, 0) is 4.79 Å². The van der Waals surface area contributed by atoms with Crippen molar-refractivity contribution in [3.8, 4) is 0 Å². The fraction of sp³-hybridized carbons (Fsp3) is 0.333. The highest BCUT2D eigenvalue weighted by Gasteiger charge is 2.31. The van der Waals surface area contributed by atoms with Gasteiger partial charge < -0.3 is 0 Å². The molecule has 0 saturated heterocycles. The summed E-state index contributed by atoms with van der Waals surface area (Å²) in [6.45, 7) is 0. The maximum absolute atomic E-state index is 10.7. The minimum Gasteiger partial charge on any atom is -0.298 e. The number of hydrazone groups is 1. The molecule has 0 aromatic rings. The molecule has 62 valence electrons. The molecule has 0 spiro atoms. The number of hydrogen-bond acceptors (Lipinski definition) is 3. The van der Waals surface area contributed by atoms with Gasteiger partial charge in [0, 0.05) is 24.8 Å². The Bertz CT molecular complexity index is 291. The maximum Gasteiger partial charge on any atom is 0.148 e. The lowest BCUT2D eigenvalue weighted by atomic mass is 9.91. The first-order valence-electron chi connectivity index (χ1n) is 3.93. The molecule has 0 saturated carbocycles. The monoisotopic (exact) mass is 162 g/mol. The number of rotatable bonds is 1. The van der Waals surface area contributed by atoms with Crippen LogP contribution < -0.4 is 0 Å². The molecule has 1 aliphatic heterocycles. The highest BCUT2D eigenvalue weighted by atomic mass is 16.1. The Labute approximate surface area is 71.1 Å². The van der Waals surface area contributed by atoms with Gasteiger partial charge in [0.15, 0.2) is 0 Å². The fourth-order valence-electron chi connectivity index (χ4n) is 1.68. The van der Waals surface area contributed by atoms with Gasteiger partial charge in [0.05, 0.1) is 6.04 Å². The van der Waals surface area contributed by atoms with Gasteiger partial charge in [-0.2, -0.15) is 5.10 Å². The summed E-state index contributed by atoms with van der Waals surface area (Å²) in [6.07, 6.45) is 8.60. The van der Waals surface area contributed by atoms with E-state index < -0.39 is 0 Å². The third kappa shape index (κ3) is 0.897. The van der Waals surface area contributed by atoms with Crippen molar-refractivity contribution in [1.82, 2.24) is 5.01 Å². The van der Waals surface area contributed by atoms with Gasteiger partial charge in [0.1, 0.15) is 6.29 Å². The molecule has 0 aromatic carbocycles. The summed E-state index contributed by atoms with van der Waals surface area (Å²) >= 11 is 0. The van der Waals surface area contributed by atoms with Crippen LogP contribution in [0.3, 0.4) is 0 Å². The molecule has 2 atom stereocenters. The molecule has 2 aliphatic rings. The summed E-state index contributed by atoms with van der Waals surface area (Å²) in [5, 5.41) is 5.96. The van der Waals surface area contributed by atoms with Crippen LogP contribution in [0.4, 0.5) is 0 Å². The molecule has 1 aliphatic carbocycles. The van der Waals surface area contributed by atoms with E-state index in [1.54, 1.807) is 0 Å². The van der Waals surface area contributed by atoms with Crippen LogP contribution >= 0.6 is 0 Å². The van der Waals surface area contributed by atoms with E-state index in [-0.39, 0.29) is 12.0 Å². The molecule has 2 unspecified atom stereocenters. The van der Waals surface area contributed by atoms with Crippen LogP contribution in [0.1, 0.15) is 0 Å². The number of allylic oxidation sites excluding steroid dienone is 2. The van der Waals surface area contributed by atoms with E-state index in [0.717, 1.165) is 11.9 Å². The number of likely N-dealkylation sites (N-methyl/N-ethyl adjacent to an activating group) is 1. The molecule has 12 heavy (non-hydrogen) atoms. The van der Waals surface area contributed by atoms with Gasteiger partial charge in [-0.1, -0.05) is 18.2 Å². The van der Waals surface area contributed by atoms with Crippen molar-refractivity contribution in [2.24, 2.45) is 11.0 Å². The normalized spacial score (nSPS) is 31.8. The van der Waals surface area contributed by atoms with Crippen molar-refractivity contribution < 1.29 is 4.79 Å². The summed E-state index contributed by atoms with van der Waals surface area (Å²) in [5.41, 5.74) is 0.808. The standard InChI is InChI=1S/C9H10N2O/c1-11-9-7(5-10-11)3-2-4-8(9)6-12/h2-7,9H,1H3. The van der Waals surface area contributed by atoms with E-state index in [4.69, 9.17) is 0 Å². The average Bonchev–Trinajstić information content (AvgIpc) is 2.48. The second kappa shape index (κ2) is 2.59. The topological polar surface area (TPSA) is 32.7 Å². The number of hydrogen-bond donors (Lipinski definition) is 0. The summed E-state index contributed by atoms with van der Waals surface area (Å²) in [6, 6.07) is 0.132. The summed E-state index contributed by atoms with van der Waals surface area (Å²) in [7, 11) is 1.89. The number of nitrogens with zero attached hydrogens (tertiary/aromatic N) is 2. The number of fused-ring (bicyclic) bond motifs is 1. The highest BCUT2D eigenvalue weighted by molar-refractivity contribution is 5.81. The van der Waals surface area contributed by atoms with Gasteiger partial charge >= 0.3 is 0 Å². The summed E-state index contributed by atoms with van der Waals surface area (Å²) in [4.78, 5) is 10.7. The molecule has 0 fully saturated rings. The Morgan fingerprint density at radius 2 is 2.50 bits per heavy atom. The SMILES string of the molecule is CN1N=CC2C=CC=C(C=O)C21. The zero-order valence-corrected chi connectivity index (χ0v) is 6.84. The van der Waals surface area contributed by atoms with Gasteiger partial charge in [0.2, 0.25) is 0 Å². The predicted molar refractivity (Wildman–Crippen MR) is 46.8 cm³/mol. The van der Waals surface area contributed by atoms with Crippen molar-refractivity contribution >= 4 is 12.5 Å². The third-order valence-electron chi connectivity index (χ3n) is 2.29. The van der Waals surface area contributed by atoms with Crippen molar-refractivity contribution in [3.63, 3.8) is 0 Å². The van der Waals surface area contributed by atoms with Crippen LogP contribution in [0, 0.1) is 5.92 Å². The first-order valence-corrected chi connectivity index (χ1v) is 3.93. The average molecular weight is 162 g/mol. The molecule has 0 aromatic heterocycles. The lowest BCUT2D eigenvalue weighted by Crippen LogP contribution is -2.32. The summed E-state index contributed by atoms with van der Waals surface area (Å²) < 4.78 is 0. The van der Waals surface area contributed by atoms with E-state index in [1.807, 2.05) is 30.4 Å². The fourth-order valence-corrected chi connectivity index (χ4v) is 1.68. The van der Waals surface area contributed by atoms with E-state index in [0.29, 0.717) is 0 Å². The minimum absolute atomic E-state index is 0.132. The molecule has 2 rings (SSSR count). The van der Waals surface area contributed by atoms with Gasteiger partial charge in [-0.3, -0.25) is 9.80 Å².